The van der Waals surface area contributed by atoms with Crippen molar-refractivity contribution in [2.75, 3.05) is 5.32 Å². The fourth-order valence-corrected chi connectivity index (χ4v) is 1.59. The second-order valence-corrected chi connectivity index (χ2v) is 3.83. The number of aromatic nitrogens is 1. The van der Waals surface area contributed by atoms with Crippen molar-refractivity contribution in [1.29, 1.82) is 10.5 Å². The number of carbonyl (C=O) groups is 1. The predicted octanol–water partition coefficient (Wildman–Crippen LogP) is 1.78. The number of amides is 1. The van der Waals surface area contributed by atoms with E-state index in [4.69, 9.17) is 10.5 Å². The molecule has 0 aliphatic carbocycles. The van der Waals surface area contributed by atoms with Crippen LogP contribution in [-0.2, 0) is 0 Å². The number of nitrogens with zero attached hydrogens (tertiary/aromatic N) is 3. The maximum atomic E-state index is 11.9. The molecule has 0 saturated carbocycles. The van der Waals surface area contributed by atoms with Crippen molar-refractivity contribution in [2.45, 2.75) is 0 Å². The molecule has 0 unspecified atom stereocenters. The van der Waals surface area contributed by atoms with Gasteiger partial charge in [0.15, 0.2) is 0 Å². The van der Waals surface area contributed by atoms with Gasteiger partial charge in [-0.05, 0) is 24.3 Å². The Hall–Kier alpha value is -3.38. The van der Waals surface area contributed by atoms with E-state index in [1.54, 1.807) is 0 Å². The molecule has 20 heavy (non-hydrogen) atoms. The van der Waals surface area contributed by atoms with Gasteiger partial charge in [-0.15, -0.1) is 0 Å². The van der Waals surface area contributed by atoms with Crippen LogP contribution in [0, 0.1) is 22.7 Å². The van der Waals surface area contributed by atoms with Crippen molar-refractivity contribution in [3.8, 4) is 17.9 Å². The van der Waals surface area contributed by atoms with Crippen LogP contribution in [0.3, 0.4) is 0 Å². The first kappa shape index (κ1) is 13.1. The lowest BCUT2D eigenvalue weighted by atomic mass is 10.1. The molecule has 2 rings (SSSR count). The van der Waals surface area contributed by atoms with Crippen LogP contribution in [-0.4, -0.2) is 16.0 Å². The third-order valence-electron chi connectivity index (χ3n) is 2.56. The van der Waals surface area contributed by atoms with E-state index in [2.05, 4.69) is 10.3 Å². The monoisotopic (exact) mass is 264 g/mol. The number of nitrogens with one attached hydrogen (secondary N) is 1. The highest BCUT2D eigenvalue weighted by molar-refractivity contribution is 6.06. The standard InChI is InChI=1S/C14H8N4O2/c15-6-9-1-2-11(5-10(9)7-16)18-14(20)12-3-4-17-8-13(12)19/h1-5,8,19H,(H,18,20). The predicted molar refractivity (Wildman–Crippen MR) is 69.7 cm³/mol. The zero-order chi connectivity index (χ0) is 14.5. The quantitative estimate of drug-likeness (QED) is 0.859. The number of rotatable bonds is 2. The van der Waals surface area contributed by atoms with Crippen molar-refractivity contribution in [3.63, 3.8) is 0 Å². The normalized spacial score (nSPS) is 9.30. The third-order valence-corrected chi connectivity index (χ3v) is 2.56. The first-order valence-corrected chi connectivity index (χ1v) is 5.54. The van der Waals surface area contributed by atoms with Gasteiger partial charge in [-0.3, -0.25) is 9.78 Å². The fraction of sp³-hybridized carbons (Fsp3) is 0. The van der Waals surface area contributed by atoms with E-state index >= 15 is 0 Å². The SMILES string of the molecule is N#Cc1ccc(NC(=O)c2ccncc2O)cc1C#N. The van der Waals surface area contributed by atoms with E-state index in [1.807, 2.05) is 12.1 Å². The lowest BCUT2D eigenvalue weighted by molar-refractivity contribution is 0.102. The topological polar surface area (TPSA) is 110 Å². The zero-order valence-electron chi connectivity index (χ0n) is 10.2. The molecule has 0 aliphatic rings. The van der Waals surface area contributed by atoms with Gasteiger partial charge in [-0.2, -0.15) is 10.5 Å². The largest absolute Gasteiger partial charge is 0.505 e. The van der Waals surface area contributed by atoms with Crippen LogP contribution in [0.2, 0.25) is 0 Å². The second-order valence-electron chi connectivity index (χ2n) is 3.83. The molecule has 6 nitrogen and oxygen atoms in total. The van der Waals surface area contributed by atoms with E-state index in [0.717, 1.165) is 6.20 Å². The maximum absolute atomic E-state index is 11.9. The lowest BCUT2D eigenvalue weighted by Crippen LogP contribution is -2.12. The molecular weight excluding hydrogens is 256 g/mol. The molecule has 0 atom stereocenters. The van der Waals surface area contributed by atoms with Crippen LogP contribution in [0.5, 0.6) is 5.75 Å². The molecule has 1 aromatic carbocycles. The van der Waals surface area contributed by atoms with Crippen LogP contribution >= 0.6 is 0 Å². The Kier molecular flexibility index (Phi) is 3.60. The number of anilines is 1. The summed E-state index contributed by atoms with van der Waals surface area (Å²) in [5.74, 6) is -0.766. The maximum Gasteiger partial charge on any atom is 0.259 e. The van der Waals surface area contributed by atoms with Gasteiger partial charge in [0.1, 0.15) is 17.9 Å². The summed E-state index contributed by atoms with van der Waals surface area (Å²) in [5, 5.41) is 29.8. The number of hydrogen-bond donors (Lipinski definition) is 2. The van der Waals surface area contributed by atoms with Crippen LogP contribution in [0.1, 0.15) is 21.5 Å². The van der Waals surface area contributed by atoms with Crippen LogP contribution in [0.25, 0.3) is 0 Å². The molecule has 2 N–H and O–H groups in total. The molecule has 1 amide bonds. The smallest absolute Gasteiger partial charge is 0.259 e. The Morgan fingerprint density at radius 2 is 1.95 bits per heavy atom. The molecule has 0 aliphatic heterocycles. The van der Waals surface area contributed by atoms with Gasteiger partial charge in [-0.25, -0.2) is 0 Å². The molecule has 96 valence electrons. The Balaban J connectivity index is 2.28. The van der Waals surface area contributed by atoms with Gasteiger partial charge in [0, 0.05) is 11.9 Å². The minimum Gasteiger partial charge on any atom is -0.505 e. The van der Waals surface area contributed by atoms with Gasteiger partial charge in [-0.1, -0.05) is 0 Å². The van der Waals surface area contributed by atoms with Gasteiger partial charge < -0.3 is 10.4 Å². The molecule has 1 heterocycles. The summed E-state index contributed by atoms with van der Waals surface area (Å²) in [6.07, 6.45) is 2.54. The first-order chi connectivity index (χ1) is 9.65. The van der Waals surface area contributed by atoms with Crippen molar-refractivity contribution in [3.05, 3.63) is 53.3 Å². The van der Waals surface area contributed by atoms with Gasteiger partial charge in [0.2, 0.25) is 0 Å². The molecule has 0 spiro atoms. The summed E-state index contributed by atoms with van der Waals surface area (Å²) in [7, 11) is 0. The average molecular weight is 264 g/mol. The fourth-order valence-electron chi connectivity index (χ4n) is 1.59. The molecule has 6 heteroatoms. The van der Waals surface area contributed by atoms with E-state index in [1.165, 1.54) is 30.5 Å². The van der Waals surface area contributed by atoms with Crippen LogP contribution in [0.4, 0.5) is 5.69 Å². The number of pyridine rings is 1. The van der Waals surface area contributed by atoms with Gasteiger partial charge >= 0.3 is 0 Å². The van der Waals surface area contributed by atoms with E-state index < -0.39 is 5.91 Å². The molecule has 0 bridgehead atoms. The molecule has 2 aromatic rings. The van der Waals surface area contributed by atoms with E-state index in [9.17, 15) is 9.90 Å². The number of hydrogen-bond acceptors (Lipinski definition) is 5. The molecule has 0 fully saturated rings. The number of carbonyl (C=O) groups excluding carboxylic acids is 1. The van der Waals surface area contributed by atoms with Crippen LogP contribution in [0.15, 0.2) is 36.7 Å². The number of nitriles is 2. The Bertz CT molecular complexity index is 756. The summed E-state index contributed by atoms with van der Waals surface area (Å²) < 4.78 is 0. The summed E-state index contributed by atoms with van der Waals surface area (Å²) in [6, 6.07) is 9.49. The van der Waals surface area contributed by atoms with Crippen molar-refractivity contribution >= 4 is 11.6 Å². The first-order valence-electron chi connectivity index (χ1n) is 5.54. The van der Waals surface area contributed by atoms with E-state index in [-0.39, 0.29) is 22.4 Å². The highest BCUT2D eigenvalue weighted by Gasteiger charge is 2.12. The second kappa shape index (κ2) is 5.51. The Morgan fingerprint density at radius 1 is 1.20 bits per heavy atom. The lowest BCUT2D eigenvalue weighted by Gasteiger charge is -2.07. The molecule has 1 aromatic heterocycles. The Morgan fingerprint density at radius 3 is 2.60 bits per heavy atom. The molecule has 0 radical (unpaired) electrons. The summed E-state index contributed by atoms with van der Waals surface area (Å²) >= 11 is 0. The molecular formula is C14H8N4O2. The Labute approximate surface area is 114 Å². The number of aromatic hydroxyl groups is 1. The number of benzene rings is 1. The minimum atomic E-state index is -0.529. The average Bonchev–Trinajstić information content (AvgIpc) is 2.47. The van der Waals surface area contributed by atoms with Gasteiger partial charge in [0.25, 0.3) is 5.91 Å². The minimum absolute atomic E-state index is 0.0721. The summed E-state index contributed by atoms with van der Waals surface area (Å²) in [6.45, 7) is 0. The summed E-state index contributed by atoms with van der Waals surface area (Å²) in [4.78, 5) is 15.6. The van der Waals surface area contributed by atoms with Crippen molar-refractivity contribution in [1.82, 2.24) is 4.98 Å². The van der Waals surface area contributed by atoms with E-state index in [0.29, 0.717) is 5.69 Å². The van der Waals surface area contributed by atoms with Crippen molar-refractivity contribution < 1.29 is 9.90 Å². The zero-order valence-corrected chi connectivity index (χ0v) is 10.2. The molecule has 0 saturated heterocycles. The van der Waals surface area contributed by atoms with Gasteiger partial charge in [0.05, 0.1) is 22.9 Å². The highest BCUT2D eigenvalue weighted by atomic mass is 16.3. The summed E-state index contributed by atoms with van der Waals surface area (Å²) in [5.41, 5.74) is 0.839. The van der Waals surface area contributed by atoms with Crippen LogP contribution < -0.4 is 5.32 Å². The third kappa shape index (κ3) is 2.55. The highest BCUT2D eigenvalue weighted by Crippen LogP contribution is 2.18. The van der Waals surface area contributed by atoms with Crippen molar-refractivity contribution in [2.24, 2.45) is 0 Å².